The smallest absolute Gasteiger partial charge is 0.257 e. The van der Waals surface area contributed by atoms with Crippen LogP contribution in [-0.4, -0.2) is 55.8 Å². The molecule has 2 atom stereocenters. The number of halogens is 1. The highest BCUT2D eigenvalue weighted by molar-refractivity contribution is 9.11. The Hall–Kier alpha value is -1.42. The lowest BCUT2D eigenvalue weighted by atomic mass is 9.96. The van der Waals surface area contributed by atoms with E-state index in [1.807, 2.05) is 19.1 Å². The number of carbonyl (C=O) groups excluding carboxylic acids is 1. The van der Waals surface area contributed by atoms with Gasteiger partial charge in [0.15, 0.2) is 0 Å². The third-order valence-corrected chi connectivity index (χ3v) is 9.43. The van der Waals surface area contributed by atoms with E-state index in [4.69, 9.17) is 4.74 Å². The summed E-state index contributed by atoms with van der Waals surface area (Å²) in [5, 5.41) is 0. The summed E-state index contributed by atoms with van der Waals surface area (Å²) in [6.45, 7) is 5.39. The molecule has 1 amide bonds. The van der Waals surface area contributed by atoms with Crippen molar-refractivity contribution in [3.63, 3.8) is 0 Å². The first-order chi connectivity index (χ1) is 13.3. The molecule has 2 unspecified atom stereocenters. The monoisotopic (exact) mass is 484 g/mol. The van der Waals surface area contributed by atoms with Crippen molar-refractivity contribution in [2.24, 2.45) is 0 Å². The van der Waals surface area contributed by atoms with Crippen molar-refractivity contribution >= 4 is 43.2 Å². The molecule has 2 aromatic rings. The van der Waals surface area contributed by atoms with Crippen molar-refractivity contribution in [1.82, 2.24) is 9.21 Å². The minimum Gasteiger partial charge on any atom is -0.489 e. The number of hydrogen-bond donors (Lipinski definition) is 0. The van der Waals surface area contributed by atoms with Crippen LogP contribution < -0.4 is 4.74 Å². The van der Waals surface area contributed by atoms with Crippen molar-refractivity contribution < 1.29 is 17.9 Å². The molecule has 0 radical (unpaired) electrons. The van der Waals surface area contributed by atoms with Crippen LogP contribution in [0.5, 0.6) is 5.75 Å². The third-order valence-electron chi connectivity index (χ3n) is 5.44. The fourth-order valence-corrected chi connectivity index (χ4v) is 7.21. The van der Waals surface area contributed by atoms with E-state index in [-0.39, 0.29) is 31.0 Å². The highest BCUT2D eigenvalue weighted by Gasteiger charge is 2.35. The Morgan fingerprint density at radius 3 is 2.50 bits per heavy atom. The van der Waals surface area contributed by atoms with E-state index in [2.05, 4.69) is 22.9 Å². The Kier molecular flexibility index (Phi) is 5.28. The Labute approximate surface area is 177 Å². The first kappa shape index (κ1) is 19.9. The first-order valence-corrected chi connectivity index (χ1v) is 12.2. The number of ether oxygens (including phenoxy) is 1. The van der Waals surface area contributed by atoms with Crippen LogP contribution in [0.2, 0.25) is 0 Å². The summed E-state index contributed by atoms with van der Waals surface area (Å²) in [5.41, 5.74) is 1.62. The summed E-state index contributed by atoms with van der Waals surface area (Å²) in [6, 6.07) is 9.02. The van der Waals surface area contributed by atoms with E-state index in [9.17, 15) is 13.2 Å². The molecule has 0 saturated carbocycles. The molecule has 4 rings (SSSR count). The molecule has 0 spiro atoms. The zero-order valence-corrected chi connectivity index (χ0v) is 18.8. The van der Waals surface area contributed by atoms with Crippen LogP contribution in [0.15, 0.2) is 38.3 Å². The number of carbonyl (C=O) groups is 1. The van der Waals surface area contributed by atoms with Crippen LogP contribution in [0.1, 0.15) is 35.7 Å². The van der Waals surface area contributed by atoms with Gasteiger partial charge in [-0.3, -0.25) is 4.79 Å². The molecule has 6 nitrogen and oxygen atoms in total. The minimum absolute atomic E-state index is 0.0380. The van der Waals surface area contributed by atoms with Crippen LogP contribution in [0.25, 0.3) is 0 Å². The fraction of sp³-hybridized carbons (Fsp3) is 0.421. The second kappa shape index (κ2) is 7.44. The molecule has 2 aliphatic heterocycles. The van der Waals surface area contributed by atoms with Crippen LogP contribution in [0.4, 0.5) is 0 Å². The Bertz CT molecular complexity index is 1010. The normalized spacial score (nSPS) is 22.8. The van der Waals surface area contributed by atoms with Crippen molar-refractivity contribution in [1.29, 1.82) is 0 Å². The number of fused-ring (bicyclic) bond motifs is 1. The van der Waals surface area contributed by atoms with Crippen molar-refractivity contribution in [3.8, 4) is 5.75 Å². The summed E-state index contributed by atoms with van der Waals surface area (Å²) >= 11 is 4.50. The number of rotatable bonds is 3. The van der Waals surface area contributed by atoms with Crippen molar-refractivity contribution in [2.75, 3.05) is 26.2 Å². The van der Waals surface area contributed by atoms with Gasteiger partial charge in [0, 0.05) is 37.7 Å². The molecule has 1 saturated heterocycles. The van der Waals surface area contributed by atoms with Gasteiger partial charge in [-0.2, -0.15) is 4.31 Å². The van der Waals surface area contributed by atoms with Gasteiger partial charge in [0.05, 0.1) is 9.35 Å². The molecule has 150 valence electrons. The number of sulfonamides is 1. The minimum atomic E-state index is -3.52. The van der Waals surface area contributed by atoms with Gasteiger partial charge < -0.3 is 9.64 Å². The fourth-order valence-electron chi connectivity index (χ4n) is 3.62. The van der Waals surface area contributed by atoms with Crippen LogP contribution in [-0.2, 0) is 10.0 Å². The summed E-state index contributed by atoms with van der Waals surface area (Å²) in [5.74, 6) is 0.815. The third kappa shape index (κ3) is 3.38. The number of amides is 1. The summed E-state index contributed by atoms with van der Waals surface area (Å²) in [6.07, 6.45) is 0.0380. The predicted molar refractivity (Wildman–Crippen MR) is 112 cm³/mol. The lowest BCUT2D eigenvalue weighted by Crippen LogP contribution is -2.50. The second-order valence-electron chi connectivity index (χ2n) is 7.09. The zero-order chi connectivity index (χ0) is 20.1. The maximum absolute atomic E-state index is 13.1. The molecule has 0 aliphatic carbocycles. The summed E-state index contributed by atoms with van der Waals surface area (Å²) in [4.78, 5) is 14.8. The van der Waals surface area contributed by atoms with Gasteiger partial charge in [0.1, 0.15) is 16.1 Å². The molecule has 0 N–H and O–H groups in total. The molecule has 28 heavy (non-hydrogen) atoms. The van der Waals surface area contributed by atoms with E-state index in [0.29, 0.717) is 28.6 Å². The number of benzene rings is 1. The van der Waals surface area contributed by atoms with E-state index >= 15 is 0 Å². The maximum atomic E-state index is 13.1. The molecule has 3 heterocycles. The molecule has 1 fully saturated rings. The van der Waals surface area contributed by atoms with Crippen LogP contribution in [0, 0.1) is 0 Å². The topological polar surface area (TPSA) is 66.9 Å². The molecule has 2 aliphatic rings. The quantitative estimate of drug-likeness (QED) is 0.667. The predicted octanol–water partition coefficient (Wildman–Crippen LogP) is 3.54. The van der Waals surface area contributed by atoms with Gasteiger partial charge >= 0.3 is 0 Å². The highest BCUT2D eigenvalue weighted by Crippen LogP contribution is 2.40. The van der Waals surface area contributed by atoms with E-state index in [0.717, 1.165) is 9.35 Å². The van der Waals surface area contributed by atoms with Crippen molar-refractivity contribution in [2.45, 2.75) is 30.1 Å². The molecule has 9 heteroatoms. The molecule has 1 aromatic heterocycles. The number of hydrogen-bond acceptors (Lipinski definition) is 5. The second-order valence-corrected chi connectivity index (χ2v) is 11.7. The van der Waals surface area contributed by atoms with E-state index in [1.54, 1.807) is 23.1 Å². The maximum Gasteiger partial charge on any atom is 0.257 e. The summed E-state index contributed by atoms with van der Waals surface area (Å²) < 4.78 is 34.0. The van der Waals surface area contributed by atoms with Crippen LogP contribution in [0.3, 0.4) is 0 Å². The van der Waals surface area contributed by atoms with Gasteiger partial charge in [0.25, 0.3) is 15.9 Å². The average molecular weight is 485 g/mol. The SMILES string of the molecule is CC1Oc2c(C(=O)N3CCN(S(=O)(=O)c4ccc(Br)s4)CC3)cccc2C1C. The van der Waals surface area contributed by atoms with Gasteiger partial charge in [-0.25, -0.2) is 8.42 Å². The first-order valence-electron chi connectivity index (χ1n) is 9.13. The Morgan fingerprint density at radius 1 is 1.14 bits per heavy atom. The number of piperazine rings is 1. The summed E-state index contributed by atoms with van der Waals surface area (Å²) in [7, 11) is -3.52. The lowest BCUT2D eigenvalue weighted by molar-refractivity contribution is 0.0693. The molecule has 1 aromatic carbocycles. The number of nitrogens with zero attached hydrogens (tertiary/aromatic N) is 2. The number of thiophene rings is 1. The molecular weight excluding hydrogens is 464 g/mol. The Balaban J connectivity index is 1.49. The molecular formula is C19H21BrN2O4S2. The average Bonchev–Trinajstić information content (AvgIpc) is 3.25. The van der Waals surface area contributed by atoms with Gasteiger partial charge in [-0.1, -0.05) is 19.1 Å². The lowest BCUT2D eigenvalue weighted by Gasteiger charge is -2.34. The standard InChI is InChI=1S/C19H21BrN2O4S2/c1-12-13(2)26-18-14(12)4-3-5-15(18)19(23)21-8-10-22(11-9-21)28(24,25)17-7-6-16(20)27-17/h3-7,12-13H,8-11H2,1-2H3. The highest BCUT2D eigenvalue weighted by atomic mass is 79.9. The van der Waals surface area contributed by atoms with Crippen LogP contribution >= 0.6 is 27.3 Å². The zero-order valence-electron chi connectivity index (χ0n) is 15.6. The van der Waals surface area contributed by atoms with Crippen molar-refractivity contribution in [3.05, 3.63) is 45.2 Å². The largest absolute Gasteiger partial charge is 0.489 e. The van der Waals surface area contributed by atoms with E-state index in [1.165, 1.54) is 15.6 Å². The molecule has 0 bridgehead atoms. The number of para-hydroxylation sites is 1. The van der Waals surface area contributed by atoms with Gasteiger partial charge in [0.2, 0.25) is 0 Å². The van der Waals surface area contributed by atoms with E-state index < -0.39 is 10.0 Å². The van der Waals surface area contributed by atoms with Gasteiger partial charge in [-0.15, -0.1) is 11.3 Å². The van der Waals surface area contributed by atoms with Gasteiger partial charge in [-0.05, 0) is 41.1 Å². The Morgan fingerprint density at radius 2 is 1.86 bits per heavy atom.